The van der Waals surface area contributed by atoms with Gasteiger partial charge >= 0.3 is 0 Å². The molecule has 0 aromatic heterocycles. The summed E-state index contributed by atoms with van der Waals surface area (Å²) in [4.78, 5) is 0. The van der Waals surface area contributed by atoms with Crippen LogP contribution in [0.1, 0.15) is 32.1 Å². The third kappa shape index (κ3) is 2.17. The van der Waals surface area contributed by atoms with E-state index in [1.165, 1.54) is 37.3 Å². The van der Waals surface area contributed by atoms with Crippen LogP contribution in [0, 0.1) is 0 Å². The zero-order valence-electron chi connectivity index (χ0n) is 10.4. The Morgan fingerprint density at radius 1 is 1.06 bits per heavy atom. The Kier molecular flexibility index (Phi) is 3.38. The Morgan fingerprint density at radius 3 is 2.31 bits per heavy atom. The Labute approximate surface area is 99.5 Å². The summed E-state index contributed by atoms with van der Waals surface area (Å²) in [5.74, 6) is 0.518. The van der Waals surface area contributed by atoms with Gasteiger partial charge in [0.1, 0.15) is 5.75 Å². The number of hydrogen-bond acceptors (Lipinski definition) is 1. The van der Waals surface area contributed by atoms with Gasteiger partial charge in [0.15, 0.2) is 0 Å². The van der Waals surface area contributed by atoms with Crippen LogP contribution in [-0.4, -0.2) is 13.2 Å². The minimum Gasteiger partial charge on any atom is -0.508 e. The van der Waals surface area contributed by atoms with Gasteiger partial charge in [-0.2, -0.15) is 0 Å². The van der Waals surface area contributed by atoms with E-state index in [1.54, 1.807) is 0 Å². The fraction of sp³-hybridized carbons (Fsp3) is 0.571. The second-order valence-electron chi connectivity index (χ2n) is 5.57. The SMILES string of the molecule is C[Si](C)(c1ccccc1O)C1CCCCC1. The fourth-order valence-corrected chi connectivity index (χ4v) is 6.62. The molecular formula is C14H22OSi. The highest BCUT2D eigenvalue weighted by molar-refractivity contribution is 6.91. The second-order valence-corrected chi connectivity index (χ2v) is 10.4. The normalized spacial score (nSPS) is 18.6. The first-order chi connectivity index (χ1) is 7.62. The van der Waals surface area contributed by atoms with E-state index in [0.29, 0.717) is 5.75 Å². The van der Waals surface area contributed by atoms with Crippen molar-refractivity contribution in [3.8, 4) is 5.75 Å². The van der Waals surface area contributed by atoms with Crippen molar-refractivity contribution in [2.45, 2.75) is 50.7 Å². The topological polar surface area (TPSA) is 20.2 Å². The van der Waals surface area contributed by atoms with Crippen LogP contribution in [0.2, 0.25) is 18.6 Å². The lowest BCUT2D eigenvalue weighted by atomic mass is 10.0. The maximum Gasteiger partial charge on any atom is 0.114 e. The monoisotopic (exact) mass is 234 g/mol. The van der Waals surface area contributed by atoms with E-state index in [1.807, 2.05) is 12.1 Å². The summed E-state index contributed by atoms with van der Waals surface area (Å²) in [6.07, 6.45) is 6.91. The van der Waals surface area contributed by atoms with E-state index in [9.17, 15) is 5.11 Å². The Bertz CT molecular complexity index is 354. The first-order valence-electron chi connectivity index (χ1n) is 6.41. The number of rotatable bonds is 2. The molecule has 2 rings (SSSR count). The van der Waals surface area contributed by atoms with Crippen molar-refractivity contribution in [3.63, 3.8) is 0 Å². The molecule has 16 heavy (non-hydrogen) atoms. The summed E-state index contributed by atoms with van der Waals surface area (Å²) in [5.41, 5.74) is 0.856. The molecule has 0 bridgehead atoms. The van der Waals surface area contributed by atoms with Gasteiger partial charge in [0.25, 0.3) is 0 Å². The molecule has 0 spiro atoms. The first kappa shape index (κ1) is 11.7. The maximum absolute atomic E-state index is 10.0. The number of benzene rings is 1. The summed E-state index contributed by atoms with van der Waals surface area (Å²) in [5, 5.41) is 11.3. The van der Waals surface area contributed by atoms with Crippen molar-refractivity contribution < 1.29 is 5.11 Å². The predicted molar refractivity (Wildman–Crippen MR) is 72.1 cm³/mol. The maximum atomic E-state index is 10.0. The molecular weight excluding hydrogens is 212 g/mol. The number of phenols is 1. The van der Waals surface area contributed by atoms with E-state index in [0.717, 1.165) is 5.54 Å². The van der Waals surface area contributed by atoms with Crippen LogP contribution in [0.5, 0.6) is 5.75 Å². The standard InChI is InChI=1S/C14H22OSi/c1-16(2,12-8-4-3-5-9-12)14-11-7-6-10-13(14)15/h6-7,10-12,15H,3-5,8-9H2,1-2H3. The van der Waals surface area contributed by atoms with Gasteiger partial charge in [0.05, 0.1) is 8.07 Å². The zero-order chi connectivity index (χ0) is 11.6. The summed E-state index contributed by atoms with van der Waals surface area (Å²) < 4.78 is 0. The van der Waals surface area contributed by atoms with Crippen LogP contribution >= 0.6 is 0 Å². The highest BCUT2D eigenvalue weighted by Crippen LogP contribution is 2.37. The van der Waals surface area contributed by atoms with Crippen LogP contribution in [-0.2, 0) is 0 Å². The quantitative estimate of drug-likeness (QED) is 0.775. The number of hydrogen-bond donors (Lipinski definition) is 1. The average molecular weight is 234 g/mol. The van der Waals surface area contributed by atoms with E-state index < -0.39 is 8.07 Å². The van der Waals surface area contributed by atoms with Gasteiger partial charge < -0.3 is 5.11 Å². The van der Waals surface area contributed by atoms with E-state index in [2.05, 4.69) is 25.2 Å². The third-order valence-electron chi connectivity index (χ3n) is 4.22. The lowest BCUT2D eigenvalue weighted by Crippen LogP contribution is -2.46. The molecule has 88 valence electrons. The van der Waals surface area contributed by atoms with Crippen LogP contribution in [0.25, 0.3) is 0 Å². The Morgan fingerprint density at radius 2 is 1.69 bits per heavy atom. The Balaban J connectivity index is 2.26. The van der Waals surface area contributed by atoms with Gasteiger partial charge in [-0.05, 0) is 16.8 Å². The van der Waals surface area contributed by atoms with E-state index >= 15 is 0 Å². The van der Waals surface area contributed by atoms with Crippen molar-refractivity contribution in [3.05, 3.63) is 24.3 Å². The average Bonchev–Trinajstić information content (AvgIpc) is 2.30. The molecule has 1 nitrogen and oxygen atoms in total. The van der Waals surface area contributed by atoms with Gasteiger partial charge in [-0.25, -0.2) is 0 Å². The molecule has 0 aliphatic heterocycles. The molecule has 1 fully saturated rings. The predicted octanol–water partition coefficient (Wildman–Crippen LogP) is 3.64. The fourth-order valence-electron chi connectivity index (χ4n) is 3.06. The molecule has 1 aromatic rings. The number of phenolic OH excluding ortho intramolecular Hbond substituents is 1. The van der Waals surface area contributed by atoms with Crippen LogP contribution < -0.4 is 5.19 Å². The van der Waals surface area contributed by atoms with Crippen LogP contribution in [0.4, 0.5) is 0 Å². The Hall–Kier alpha value is -0.763. The van der Waals surface area contributed by atoms with Gasteiger partial charge in [-0.15, -0.1) is 0 Å². The molecule has 1 aliphatic rings. The molecule has 1 saturated carbocycles. The first-order valence-corrected chi connectivity index (χ1v) is 9.48. The van der Waals surface area contributed by atoms with Crippen molar-refractivity contribution in [2.24, 2.45) is 0 Å². The lowest BCUT2D eigenvalue weighted by molar-refractivity contribution is 0.475. The molecule has 0 radical (unpaired) electrons. The van der Waals surface area contributed by atoms with Crippen molar-refractivity contribution in [2.75, 3.05) is 0 Å². The number of para-hydroxylation sites is 1. The molecule has 0 saturated heterocycles. The molecule has 0 atom stereocenters. The van der Waals surface area contributed by atoms with Crippen LogP contribution in [0.3, 0.4) is 0 Å². The summed E-state index contributed by atoms with van der Waals surface area (Å²) >= 11 is 0. The molecule has 2 heteroatoms. The molecule has 1 aromatic carbocycles. The lowest BCUT2D eigenvalue weighted by Gasteiger charge is -2.36. The molecule has 0 heterocycles. The van der Waals surface area contributed by atoms with Gasteiger partial charge in [-0.3, -0.25) is 0 Å². The minimum atomic E-state index is -1.47. The minimum absolute atomic E-state index is 0.518. The van der Waals surface area contributed by atoms with Crippen molar-refractivity contribution in [1.82, 2.24) is 0 Å². The summed E-state index contributed by atoms with van der Waals surface area (Å²) in [7, 11) is -1.47. The van der Waals surface area contributed by atoms with Gasteiger partial charge in [0.2, 0.25) is 0 Å². The third-order valence-corrected chi connectivity index (χ3v) is 8.65. The summed E-state index contributed by atoms with van der Waals surface area (Å²) in [6, 6.07) is 7.96. The molecule has 1 aliphatic carbocycles. The van der Waals surface area contributed by atoms with Crippen LogP contribution in [0.15, 0.2) is 24.3 Å². The number of aromatic hydroxyl groups is 1. The van der Waals surface area contributed by atoms with Crippen molar-refractivity contribution in [1.29, 1.82) is 0 Å². The van der Waals surface area contributed by atoms with E-state index in [-0.39, 0.29) is 0 Å². The highest BCUT2D eigenvalue weighted by atomic mass is 28.3. The molecule has 0 amide bonds. The smallest absolute Gasteiger partial charge is 0.114 e. The van der Waals surface area contributed by atoms with Crippen molar-refractivity contribution >= 4 is 13.3 Å². The van der Waals surface area contributed by atoms with E-state index in [4.69, 9.17) is 0 Å². The largest absolute Gasteiger partial charge is 0.508 e. The molecule has 0 unspecified atom stereocenters. The zero-order valence-corrected chi connectivity index (χ0v) is 11.4. The van der Waals surface area contributed by atoms with Gasteiger partial charge in [0, 0.05) is 0 Å². The summed E-state index contributed by atoms with van der Waals surface area (Å²) in [6.45, 7) is 4.83. The molecule has 1 N–H and O–H groups in total. The second kappa shape index (κ2) is 4.62. The van der Waals surface area contributed by atoms with Gasteiger partial charge in [-0.1, -0.05) is 63.4 Å². The highest BCUT2D eigenvalue weighted by Gasteiger charge is 2.35.